The van der Waals surface area contributed by atoms with Crippen LogP contribution < -0.4 is 0 Å². The molecule has 0 bridgehead atoms. The first-order chi connectivity index (χ1) is 38.7. The number of carbonyl (C=O) groups excluding carboxylic acids is 2. The number of aliphatic carboxylic acids is 1. The van der Waals surface area contributed by atoms with Crippen molar-refractivity contribution in [3.05, 3.63) is 34.9 Å². The Morgan fingerprint density at radius 3 is 1.84 bits per heavy atom. The molecule has 13 N–H and O–H groups in total. The first kappa shape index (κ1) is 65.9. The number of carboxylic acid groups (broad SMARTS) is 1. The summed E-state index contributed by atoms with van der Waals surface area (Å²) in [7, 11) is 0. The normalized spacial score (nSPS) is 49.8. The zero-order valence-corrected chi connectivity index (χ0v) is 49.4. The van der Waals surface area contributed by atoms with Gasteiger partial charge in [0, 0.05) is 33.3 Å². The highest BCUT2D eigenvalue weighted by molar-refractivity contribution is 5.89. The number of hydrogen-bond donors (Lipinski definition) is 13. The Bertz CT molecular complexity index is 2490. The molecule has 4 saturated carbocycles. The van der Waals surface area contributed by atoms with E-state index in [-0.39, 0.29) is 30.3 Å². The summed E-state index contributed by atoms with van der Waals surface area (Å²) in [6.45, 7) is 16.0. The molecule has 24 heteroatoms. The van der Waals surface area contributed by atoms with Crippen LogP contribution in [0.2, 0.25) is 0 Å². The van der Waals surface area contributed by atoms with Crippen LogP contribution in [0.5, 0.6) is 0 Å². The third kappa shape index (κ3) is 10.3. The van der Waals surface area contributed by atoms with Gasteiger partial charge in [-0.05, 0) is 102 Å². The minimum atomic E-state index is -2.04. The van der Waals surface area contributed by atoms with Crippen LogP contribution in [0.3, 0.4) is 0 Å². The standard InChI is InChI=1S/C59H92O24/c1-12-26(3)48(74)81-45-46(82-49(75)27(4)13-2)59(25-63)30(20-53(45,5)6)29-14-15-33-54(7)18-17-34(55(8,23-61)32(54)16-19-56(33,9)58(29,11)43(70)44(59)71)78-52-40(79-51-39(68)37(66)42(69)57(10,24-62)83-51)28(35(64)41(80-52)47(72)73)22-76-50-38(67)36(65)31(21-60)77-50/h12-14,28,30-46,50-52,60-71H,15-25H2,1-11H3,(H,72,73)/b26-12-,27-13-/t28-,30?,31+,32?,33?,34+,35+,36?,37+,38+,39?,40?,41?,42+,43+,44-,45+,46+,50-,51-,52-,54+,55-,56-,57?,58+,59+/m1/s1. The Balaban J connectivity index is 1.15. The van der Waals surface area contributed by atoms with Crippen molar-refractivity contribution in [3.8, 4) is 0 Å². The summed E-state index contributed by atoms with van der Waals surface area (Å²) < 4.78 is 49.2. The molecule has 3 saturated heterocycles. The van der Waals surface area contributed by atoms with Crippen molar-refractivity contribution in [1.82, 2.24) is 0 Å². The predicted molar refractivity (Wildman–Crippen MR) is 287 cm³/mol. The maximum absolute atomic E-state index is 13.9. The number of carbonyl (C=O) groups is 3. The lowest BCUT2D eigenvalue weighted by Gasteiger charge is -2.73. The fourth-order valence-corrected chi connectivity index (χ4v) is 16.7. The van der Waals surface area contributed by atoms with Crippen molar-refractivity contribution in [1.29, 1.82) is 0 Å². The summed E-state index contributed by atoms with van der Waals surface area (Å²) in [6, 6.07) is 0. The fourth-order valence-electron chi connectivity index (χ4n) is 16.7. The minimum Gasteiger partial charge on any atom is -0.479 e. The molecule has 0 amide bonds. The van der Waals surface area contributed by atoms with Gasteiger partial charge in [-0.3, -0.25) is 0 Å². The zero-order chi connectivity index (χ0) is 61.6. The maximum atomic E-state index is 13.9. The summed E-state index contributed by atoms with van der Waals surface area (Å²) in [4.78, 5) is 40.5. The van der Waals surface area contributed by atoms with Crippen LogP contribution in [0.1, 0.15) is 115 Å². The van der Waals surface area contributed by atoms with Gasteiger partial charge in [0.25, 0.3) is 0 Å². The molecule has 5 aliphatic carbocycles. The summed E-state index contributed by atoms with van der Waals surface area (Å²) >= 11 is 0. The largest absolute Gasteiger partial charge is 0.479 e. The fraction of sp³-hybridized carbons (Fsp3) is 0.847. The van der Waals surface area contributed by atoms with Gasteiger partial charge in [0.1, 0.15) is 54.4 Å². The van der Waals surface area contributed by atoms with Gasteiger partial charge in [0.05, 0.1) is 62.9 Å². The number of allylic oxidation sites excluding steroid dienone is 3. The Morgan fingerprint density at radius 1 is 0.675 bits per heavy atom. The molecule has 8 unspecified atom stereocenters. The molecule has 0 aromatic rings. The maximum Gasteiger partial charge on any atom is 0.335 e. The molecule has 8 aliphatic rings. The van der Waals surface area contributed by atoms with Gasteiger partial charge in [0.15, 0.2) is 31.1 Å². The van der Waals surface area contributed by atoms with Gasteiger partial charge >= 0.3 is 17.9 Å². The van der Waals surface area contributed by atoms with Crippen molar-refractivity contribution >= 4 is 17.9 Å². The van der Waals surface area contributed by atoms with Gasteiger partial charge in [-0.2, -0.15) is 0 Å². The van der Waals surface area contributed by atoms with Gasteiger partial charge < -0.3 is 104 Å². The minimum absolute atomic E-state index is 0.192. The van der Waals surface area contributed by atoms with E-state index in [4.69, 9.17) is 37.9 Å². The van der Waals surface area contributed by atoms with Gasteiger partial charge in [-0.15, -0.1) is 0 Å². The topological polar surface area (TPSA) is 388 Å². The number of ether oxygens (including phenoxy) is 8. The van der Waals surface area contributed by atoms with Gasteiger partial charge in [0.2, 0.25) is 0 Å². The van der Waals surface area contributed by atoms with Crippen molar-refractivity contribution in [2.24, 2.45) is 56.2 Å². The lowest BCUT2D eigenvalue weighted by molar-refractivity contribution is -0.386. The van der Waals surface area contributed by atoms with Crippen LogP contribution in [-0.2, 0) is 52.3 Å². The average Bonchev–Trinajstić information content (AvgIpc) is 0.965. The molecule has 27 atom stereocenters. The highest BCUT2D eigenvalue weighted by Crippen LogP contribution is 2.76. The number of rotatable bonds is 16. The van der Waals surface area contributed by atoms with E-state index in [0.717, 1.165) is 5.57 Å². The van der Waals surface area contributed by atoms with E-state index >= 15 is 0 Å². The number of aliphatic hydroxyl groups excluding tert-OH is 12. The Morgan fingerprint density at radius 2 is 1.29 bits per heavy atom. The SMILES string of the molecule is C/C=C(/C)C(=O)O[C@H]1[C@H](OC(=O)/C(C)=C\C)[C@@]2(CO)C(CC1(C)C)C1=CCC3[C@@]4(C)CC[C@H](O[C@@H]5OC(C(=O)O)[C@@H](O)[C@@H](CO[C@@H]6O[C@@H](CO)C(O)[C@@H]6O)C5O[C@@H]5OC(C)(CO)[C@@H](O)[C@@H](O)C5O)[C@](C)(CO)C4CC[C@@]3(C)[C@]1(C)[C@@H](O)[C@H]2O. The van der Waals surface area contributed by atoms with Crippen molar-refractivity contribution in [2.45, 2.75) is 225 Å². The third-order valence-electron chi connectivity index (χ3n) is 22.3. The summed E-state index contributed by atoms with van der Waals surface area (Å²) in [5.41, 5.74) is -7.12. The molecule has 24 nitrogen and oxygen atoms in total. The number of carboxylic acids is 1. The molecule has 472 valence electrons. The van der Waals surface area contributed by atoms with E-state index < -0.39 is 205 Å². The molecule has 0 spiro atoms. The molecule has 8 rings (SSSR count). The molecule has 3 heterocycles. The summed E-state index contributed by atoms with van der Waals surface area (Å²) in [5.74, 6) is -5.92. The molecule has 3 aliphatic heterocycles. The van der Waals surface area contributed by atoms with Crippen LogP contribution in [-0.4, -0.2) is 227 Å². The van der Waals surface area contributed by atoms with E-state index in [1.807, 2.05) is 27.7 Å². The molecule has 0 aromatic carbocycles. The van der Waals surface area contributed by atoms with E-state index in [1.54, 1.807) is 39.8 Å². The quantitative estimate of drug-likeness (QED) is 0.0414. The molecule has 83 heavy (non-hydrogen) atoms. The first-order valence-electron chi connectivity index (χ1n) is 29.1. The second-order valence-electron chi connectivity index (χ2n) is 26.9. The highest BCUT2D eigenvalue weighted by Gasteiger charge is 2.77. The molecular weight excluding hydrogens is 1090 g/mol. The molecule has 0 aromatic heterocycles. The summed E-state index contributed by atoms with van der Waals surface area (Å²) in [5, 5.41) is 147. The number of esters is 2. The smallest absolute Gasteiger partial charge is 0.335 e. The molecule has 7 fully saturated rings. The lowest BCUT2D eigenvalue weighted by Crippen LogP contribution is -2.76. The van der Waals surface area contributed by atoms with Crippen LogP contribution >= 0.6 is 0 Å². The Hall–Kier alpha value is -3.09. The van der Waals surface area contributed by atoms with Crippen molar-refractivity contribution in [2.75, 3.05) is 33.0 Å². The molecule has 0 radical (unpaired) electrons. The zero-order valence-electron chi connectivity index (χ0n) is 49.4. The first-order valence-corrected chi connectivity index (χ1v) is 29.1. The Labute approximate surface area is 484 Å². The van der Waals surface area contributed by atoms with Gasteiger partial charge in [-0.1, -0.05) is 65.3 Å². The van der Waals surface area contributed by atoms with E-state index in [2.05, 4.69) is 19.9 Å². The van der Waals surface area contributed by atoms with E-state index in [0.29, 0.717) is 31.3 Å². The Kier molecular flexibility index (Phi) is 18.9. The van der Waals surface area contributed by atoms with Crippen LogP contribution in [0.15, 0.2) is 34.9 Å². The number of aliphatic hydroxyl groups is 12. The second-order valence-corrected chi connectivity index (χ2v) is 26.9. The van der Waals surface area contributed by atoms with Crippen LogP contribution in [0.25, 0.3) is 0 Å². The van der Waals surface area contributed by atoms with E-state index in [9.17, 15) is 80.8 Å². The average molecular weight is 1190 g/mol. The van der Waals surface area contributed by atoms with Gasteiger partial charge in [-0.25, -0.2) is 14.4 Å². The van der Waals surface area contributed by atoms with Crippen molar-refractivity contribution in [3.63, 3.8) is 0 Å². The monoisotopic (exact) mass is 1180 g/mol. The highest BCUT2D eigenvalue weighted by atomic mass is 16.8. The van der Waals surface area contributed by atoms with Crippen LogP contribution in [0, 0.1) is 56.2 Å². The number of fused-ring (bicyclic) bond motifs is 7. The summed E-state index contributed by atoms with van der Waals surface area (Å²) in [6.07, 6.45) is -20.9. The predicted octanol–water partition coefficient (Wildman–Crippen LogP) is -0.127. The van der Waals surface area contributed by atoms with Crippen molar-refractivity contribution < 1.29 is 119 Å². The molecular formula is C59H92O24. The van der Waals surface area contributed by atoms with E-state index in [1.165, 1.54) is 6.92 Å². The van der Waals surface area contributed by atoms with Crippen LogP contribution in [0.4, 0.5) is 0 Å². The second kappa shape index (κ2) is 23.8. The third-order valence-corrected chi connectivity index (χ3v) is 22.3. The number of hydrogen-bond acceptors (Lipinski definition) is 23. The lowest BCUT2D eigenvalue weighted by atomic mass is 9.32.